The van der Waals surface area contributed by atoms with Crippen LogP contribution in [-0.2, 0) is 39.9 Å². The molecule has 238 valence electrons. The van der Waals surface area contributed by atoms with Crippen LogP contribution in [0.2, 0.25) is 0 Å². The fourth-order valence-electron chi connectivity index (χ4n) is 4.85. The summed E-state index contributed by atoms with van der Waals surface area (Å²) >= 11 is 5.84. The number of carbonyl (C=O) groups excluding carboxylic acids is 3. The number of anilines is 1. The van der Waals surface area contributed by atoms with Crippen LogP contribution >= 0.6 is 11.6 Å². The van der Waals surface area contributed by atoms with E-state index in [1.807, 2.05) is 49.4 Å². The van der Waals surface area contributed by atoms with Crippen molar-refractivity contribution in [2.75, 3.05) is 31.0 Å². The topological polar surface area (TPSA) is 136 Å². The molecule has 44 heavy (non-hydrogen) atoms. The van der Waals surface area contributed by atoms with E-state index in [0.29, 0.717) is 60.5 Å². The second kappa shape index (κ2) is 15.6. The first kappa shape index (κ1) is 32.9. The van der Waals surface area contributed by atoms with Gasteiger partial charge in [-0.3, -0.25) is 19.0 Å². The van der Waals surface area contributed by atoms with E-state index in [9.17, 15) is 14.4 Å². The Balaban J connectivity index is 1.68. The average Bonchev–Trinajstić information content (AvgIpc) is 3.51. The summed E-state index contributed by atoms with van der Waals surface area (Å²) in [5, 5.41) is 3.37. The van der Waals surface area contributed by atoms with Gasteiger partial charge in [-0.05, 0) is 42.7 Å². The van der Waals surface area contributed by atoms with Gasteiger partial charge in [-0.15, -0.1) is 11.6 Å². The standard InChI is InChI=1S/C31H38ClN3O9/c1-5-14-39-25-12-11-22(16-26(25)40-15-8-13-32)17-33-31-34-23-9-6-7-10-24(23)35(31)30-29(43-21(4)38)28(42-20(3)37)27(44-30)18-41-19(2)36/h6-7,9-12,16,27-30H,5,8,13-15,17-18H2,1-4H3,(H,33,34)/t27-,28-,29-,30-/m1/s1. The molecule has 0 saturated carbocycles. The summed E-state index contributed by atoms with van der Waals surface area (Å²) in [6.07, 6.45) is -2.44. The number of nitrogens with zero attached hydrogens (tertiary/aromatic N) is 2. The van der Waals surface area contributed by atoms with Gasteiger partial charge in [0.25, 0.3) is 0 Å². The molecule has 0 amide bonds. The predicted molar refractivity (Wildman–Crippen MR) is 162 cm³/mol. The summed E-state index contributed by atoms with van der Waals surface area (Å²) in [6, 6.07) is 13.1. The summed E-state index contributed by atoms with van der Waals surface area (Å²) < 4.78 is 36.3. The fraction of sp³-hybridized carbons (Fsp3) is 0.484. The molecule has 1 saturated heterocycles. The number of esters is 3. The van der Waals surface area contributed by atoms with Crippen LogP contribution in [0.4, 0.5) is 5.95 Å². The molecule has 0 bridgehead atoms. The monoisotopic (exact) mass is 631 g/mol. The summed E-state index contributed by atoms with van der Waals surface area (Å²) in [7, 11) is 0. The van der Waals surface area contributed by atoms with Gasteiger partial charge in [-0.25, -0.2) is 4.98 Å². The third kappa shape index (κ3) is 8.32. The van der Waals surface area contributed by atoms with Crippen LogP contribution in [0.15, 0.2) is 42.5 Å². The highest BCUT2D eigenvalue weighted by Gasteiger charge is 2.51. The molecule has 1 aliphatic rings. The third-order valence-corrected chi connectivity index (χ3v) is 6.91. The molecule has 2 aromatic carbocycles. The zero-order valence-electron chi connectivity index (χ0n) is 25.2. The van der Waals surface area contributed by atoms with Gasteiger partial charge in [-0.2, -0.15) is 0 Å². The lowest BCUT2D eigenvalue weighted by atomic mass is 10.1. The molecule has 4 rings (SSSR count). The quantitative estimate of drug-likeness (QED) is 0.107. The number of fused-ring (bicyclic) bond motifs is 1. The highest BCUT2D eigenvalue weighted by molar-refractivity contribution is 6.17. The third-order valence-electron chi connectivity index (χ3n) is 6.65. The van der Waals surface area contributed by atoms with E-state index in [0.717, 1.165) is 12.0 Å². The Morgan fingerprint density at radius 3 is 2.39 bits per heavy atom. The number of nitrogens with one attached hydrogen (secondary N) is 1. The Morgan fingerprint density at radius 1 is 0.955 bits per heavy atom. The fourth-order valence-corrected chi connectivity index (χ4v) is 4.96. The Morgan fingerprint density at radius 2 is 1.68 bits per heavy atom. The van der Waals surface area contributed by atoms with Gasteiger partial charge in [0, 0.05) is 33.2 Å². The van der Waals surface area contributed by atoms with Crippen LogP contribution < -0.4 is 14.8 Å². The van der Waals surface area contributed by atoms with E-state index in [1.54, 1.807) is 4.57 Å². The van der Waals surface area contributed by atoms with Gasteiger partial charge < -0.3 is 33.7 Å². The summed E-state index contributed by atoms with van der Waals surface area (Å²) in [6.45, 7) is 6.94. The molecule has 1 aromatic heterocycles. The van der Waals surface area contributed by atoms with Crippen LogP contribution in [0.25, 0.3) is 11.0 Å². The average molecular weight is 632 g/mol. The lowest BCUT2D eigenvalue weighted by Crippen LogP contribution is -2.40. The number of benzene rings is 2. The van der Waals surface area contributed by atoms with E-state index in [4.69, 9.17) is 45.0 Å². The van der Waals surface area contributed by atoms with Crippen molar-refractivity contribution >= 4 is 46.5 Å². The van der Waals surface area contributed by atoms with Crippen molar-refractivity contribution in [3.63, 3.8) is 0 Å². The molecule has 0 radical (unpaired) electrons. The number of hydrogen-bond donors (Lipinski definition) is 1. The van der Waals surface area contributed by atoms with Crippen molar-refractivity contribution in [2.45, 2.75) is 71.6 Å². The smallest absolute Gasteiger partial charge is 0.303 e. The van der Waals surface area contributed by atoms with Crippen molar-refractivity contribution in [3.05, 3.63) is 48.0 Å². The van der Waals surface area contributed by atoms with E-state index >= 15 is 0 Å². The van der Waals surface area contributed by atoms with Crippen molar-refractivity contribution in [1.29, 1.82) is 0 Å². The maximum absolute atomic E-state index is 12.2. The molecular formula is C31H38ClN3O9. The van der Waals surface area contributed by atoms with Gasteiger partial charge in [0.1, 0.15) is 12.7 Å². The number of carbonyl (C=O) groups is 3. The minimum Gasteiger partial charge on any atom is -0.490 e. The van der Waals surface area contributed by atoms with Crippen molar-refractivity contribution in [2.24, 2.45) is 0 Å². The van der Waals surface area contributed by atoms with Gasteiger partial charge >= 0.3 is 17.9 Å². The molecule has 13 heteroatoms. The number of halogens is 1. The van der Waals surface area contributed by atoms with E-state index in [-0.39, 0.29) is 6.61 Å². The van der Waals surface area contributed by atoms with Crippen molar-refractivity contribution in [3.8, 4) is 11.5 Å². The van der Waals surface area contributed by atoms with E-state index in [1.165, 1.54) is 20.8 Å². The molecule has 0 unspecified atom stereocenters. The van der Waals surface area contributed by atoms with E-state index < -0.39 is 42.4 Å². The highest BCUT2D eigenvalue weighted by atomic mass is 35.5. The number of aromatic nitrogens is 2. The normalized spacial score (nSPS) is 19.4. The largest absolute Gasteiger partial charge is 0.490 e. The van der Waals surface area contributed by atoms with Crippen LogP contribution in [0.5, 0.6) is 11.5 Å². The summed E-state index contributed by atoms with van der Waals surface area (Å²) in [5.74, 6) is 0.433. The Bertz CT molecular complexity index is 1450. The highest BCUT2D eigenvalue weighted by Crippen LogP contribution is 2.39. The molecule has 3 aromatic rings. The molecule has 2 heterocycles. The molecule has 1 N–H and O–H groups in total. The number of hydrogen-bond acceptors (Lipinski definition) is 11. The second-order valence-electron chi connectivity index (χ2n) is 10.2. The molecule has 12 nitrogen and oxygen atoms in total. The number of para-hydroxylation sites is 2. The van der Waals surface area contributed by atoms with Gasteiger partial charge in [-0.1, -0.05) is 25.1 Å². The minimum absolute atomic E-state index is 0.212. The molecule has 1 aliphatic heterocycles. The maximum Gasteiger partial charge on any atom is 0.303 e. The molecule has 0 aliphatic carbocycles. The SMILES string of the molecule is CCCOc1ccc(CNc2nc3ccccc3n2[C@@H]2O[C@H](COC(C)=O)[C@@H](OC(C)=O)[C@H]2OC(C)=O)cc1OCCCCl. The summed E-state index contributed by atoms with van der Waals surface area (Å²) in [4.78, 5) is 40.7. The molecule has 0 spiro atoms. The van der Waals surface area contributed by atoms with Crippen LogP contribution in [-0.4, -0.2) is 71.5 Å². The number of alkyl halides is 1. The first-order valence-corrected chi connectivity index (χ1v) is 15.0. The number of rotatable bonds is 15. The van der Waals surface area contributed by atoms with Crippen LogP contribution in [0, 0.1) is 0 Å². The lowest BCUT2D eigenvalue weighted by Gasteiger charge is -2.25. The van der Waals surface area contributed by atoms with Gasteiger partial charge in [0.2, 0.25) is 5.95 Å². The minimum atomic E-state index is -1.06. The second-order valence-corrected chi connectivity index (χ2v) is 10.6. The first-order valence-electron chi connectivity index (χ1n) is 14.5. The van der Waals surface area contributed by atoms with E-state index in [2.05, 4.69) is 5.32 Å². The van der Waals surface area contributed by atoms with Crippen LogP contribution in [0.3, 0.4) is 0 Å². The maximum atomic E-state index is 12.2. The zero-order chi connectivity index (χ0) is 31.6. The first-order chi connectivity index (χ1) is 21.2. The number of imidazole rings is 1. The van der Waals surface area contributed by atoms with Gasteiger partial charge in [0.15, 0.2) is 29.9 Å². The van der Waals surface area contributed by atoms with Gasteiger partial charge in [0.05, 0.1) is 24.2 Å². The predicted octanol–water partition coefficient (Wildman–Crippen LogP) is 4.77. The van der Waals surface area contributed by atoms with Crippen LogP contribution in [0.1, 0.15) is 52.3 Å². The molecule has 1 fully saturated rings. The zero-order valence-corrected chi connectivity index (χ0v) is 26.0. The molecular weight excluding hydrogens is 594 g/mol. The molecule has 4 atom stereocenters. The Labute approximate surface area is 260 Å². The van der Waals surface area contributed by atoms with Crippen molar-refractivity contribution < 1.29 is 42.8 Å². The summed E-state index contributed by atoms with van der Waals surface area (Å²) in [5.41, 5.74) is 2.23. The lowest BCUT2D eigenvalue weighted by molar-refractivity contribution is -0.166. The van der Waals surface area contributed by atoms with Crippen molar-refractivity contribution in [1.82, 2.24) is 9.55 Å². The number of ether oxygens (including phenoxy) is 6. The Kier molecular flexibility index (Phi) is 11.7. The Hall–Kier alpha value is -4.03.